The Hall–Kier alpha value is -1.99. The van der Waals surface area contributed by atoms with Gasteiger partial charge in [-0.2, -0.15) is 0 Å². The number of carbonyl (C=O) groups is 3. The molecule has 1 atom stereocenters. The van der Waals surface area contributed by atoms with Crippen LogP contribution in [-0.4, -0.2) is 61.8 Å². The molecule has 0 radical (unpaired) electrons. The van der Waals surface area contributed by atoms with Gasteiger partial charge in [-0.25, -0.2) is 9.59 Å². The van der Waals surface area contributed by atoms with Gasteiger partial charge in [-0.05, 0) is 12.3 Å². The predicted octanol–water partition coefficient (Wildman–Crippen LogP) is 0.0577. The summed E-state index contributed by atoms with van der Waals surface area (Å²) in [5.74, 6) is -0.733. The fraction of sp³-hybridized carbons (Fsp3) is 0.750. The van der Waals surface area contributed by atoms with Gasteiger partial charge in [0.1, 0.15) is 0 Å². The lowest BCUT2D eigenvalue weighted by atomic mass is 10.1. The van der Waals surface area contributed by atoms with Crippen molar-refractivity contribution >= 4 is 18.0 Å². The lowest BCUT2D eigenvalue weighted by Crippen LogP contribution is -2.43. The zero-order valence-electron chi connectivity index (χ0n) is 12.2. The molecule has 0 aromatic heterocycles. The van der Waals surface area contributed by atoms with Gasteiger partial charge < -0.3 is 26.0 Å². The molecule has 4 amide bonds. The van der Waals surface area contributed by atoms with Gasteiger partial charge in [-0.3, -0.25) is 4.79 Å². The summed E-state index contributed by atoms with van der Waals surface area (Å²) in [6.45, 7) is 2.97. The molecular weight excluding hydrogens is 264 g/mol. The summed E-state index contributed by atoms with van der Waals surface area (Å²) in [6, 6.07) is -0.541. The highest BCUT2D eigenvalue weighted by molar-refractivity contribution is 5.74. The van der Waals surface area contributed by atoms with E-state index in [0.29, 0.717) is 26.1 Å². The zero-order chi connectivity index (χ0) is 15.5. The number of nitrogens with one attached hydrogen (secondary N) is 3. The summed E-state index contributed by atoms with van der Waals surface area (Å²) in [5, 5.41) is 16.4. The first kappa shape index (κ1) is 18.0. The van der Waals surface area contributed by atoms with Gasteiger partial charge in [0.25, 0.3) is 0 Å². The van der Waals surface area contributed by atoms with E-state index in [0.717, 1.165) is 0 Å². The predicted molar refractivity (Wildman–Crippen MR) is 74.5 cm³/mol. The van der Waals surface area contributed by atoms with Crippen LogP contribution in [0.4, 0.5) is 9.59 Å². The lowest BCUT2D eigenvalue weighted by Gasteiger charge is -2.14. The number of carboxylic acid groups (broad SMARTS) is 1. The van der Waals surface area contributed by atoms with E-state index >= 15 is 0 Å². The summed E-state index contributed by atoms with van der Waals surface area (Å²) < 4.78 is 0. The molecule has 0 aromatic rings. The van der Waals surface area contributed by atoms with Crippen molar-refractivity contribution in [3.63, 3.8) is 0 Å². The van der Waals surface area contributed by atoms with Crippen molar-refractivity contribution in [1.82, 2.24) is 20.9 Å². The lowest BCUT2D eigenvalue weighted by molar-refractivity contribution is -0.137. The van der Waals surface area contributed by atoms with Crippen molar-refractivity contribution in [2.45, 2.75) is 19.8 Å². The number of hydrogen-bond donors (Lipinski definition) is 4. The normalized spacial score (nSPS) is 11.3. The van der Waals surface area contributed by atoms with Crippen molar-refractivity contribution in [3.8, 4) is 0 Å². The maximum atomic E-state index is 11.4. The summed E-state index contributed by atoms with van der Waals surface area (Å²) >= 11 is 0. The molecule has 0 bridgehead atoms. The summed E-state index contributed by atoms with van der Waals surface area (Å²) in [4.78, 5) is 34.4. The van der Waals surface area contributed by atoms with Crippen molar-refractivity contribution in [2.24, 2.45) is 5.92 Å². The standard InChI is InChI=1S/C12H24N4O4/c1-9(4-5-10(17)18)8-15-11(19)13-6-7-14-12(20)16(2)3/h9H,4-8H2,1-3H3,(H,14,20)(H,17,18)(H2,13,15,19). The Balaban J connectivity index is 3.59. The van der Waals surface area contributed by atoms with Crippen LogP contribution in [0.3, 0.4) is 0 Å². The highest BCUT2D eigenvalue weighted by atomic mass is 16.4. The van der Waals surface area contributed by atoms with Gasteiger partial charge in [-0.15, -0.1) is 0 Å². The van der Waals surface area contributed by atoms with Crippen LogP contribution in [0.2, 0.25) is 0 Å². The number of aliphatic carboxylic acids is 1. The second-order valence-corrected chi connectivity index (χ2v) is 4.80. The van der Waals surface area contributed by atoms with Crippen molar-refractivity contribution in [2.75, 3.05) is 33.7 Å². The molecule has 0 saturated heterocycles. The number of carboxylic acids is 1. The summed E-state index contributed by atoms with van der Waals surface area (Å²) in [7, 11) is 3.27. The minimum absolute atomic E-state index is 0.0982. The molecule has 0 aliphatic carbocycles. The van der Waals surface area contributed by atoms with E-state index in [1.54, 1.807) is 14.1 Å². The topological polar surface area (TPSA) is 111 Å². The van der Waals surface area contributed by atoms with Crippen LogP contribution in [0, 0.1) is 5.92 Å². The first-order valence-electron chi connectivity index (χ1n) is 6.51. The minimum Gasteiger partial charge on any atom is -0.481 e. The quantitative estimate of drug-likeness (QED) is 0.473. The van der Waals surface area contributed by atoms with Crippen molar-refractivity contribution < 1.29 is 19.5 Å². The van der Waals surface area contributed by atoms with Gasteiger partial charge in [0, 0.05) is 40.2 Å². The zero-order valence-corrected chi connectivity index (χ0v) is 12.2. The third-order valence-electron chi connectivity index (χ3n) is 2.56. The largest absolute Gasteiger partial charge is 0.481 e. The van der Waals surface area contributed by atoms with Crippen LogP contribution in [0.15, 0.2) is 0 Å². The average Bonchev–Trinajstić information content (AvgIpc) is 2.38. The fourth-order valence-electron chi connectivity index (χ4n) is 1.30. The fourth-order valence-corrected chi connectivity index (χ4v) is 1.30. The monoisotopic (exact) mass is 288 g/mol. The van der Waals surface area contributed by atoms with Crippen LogP contribution in [0.25, 0.3) is 0 Å². The maximum absolute atomic E-state index is 11.4. The number of amides is 4. The number of hydrogen-bond acceptors (Lipinski definition) is 3. The van der Waals surface area contributed by atoms with Crippen LogP contribution in [0.1, 0.15) is 19.8 Å². The van der Waals surface area contributed by atoms with E-state index in [-0.39, 0.29) is 24.4 Å². The van der Waals surface area contributed by atoms with Crippen LogP contribution >= 0.6 is 0 Å². The van der Waals surface area contributed by atoms with E-state index in [2.05, 4.69) is 16.0 Å². The third-order valence-corrected chi connectivity index (χ3v) is 2.56. The van der Waals surface area contributed by atoms with Gasteiger partial charge in [-0.1, -0.05) is 6.92 Å². The SMILES string of the molecule is CC(CCC(=O)O)CNC(=O)NCCNC(=O)N(C)C. The number of urea groups is 2. The Morgan fingerprint density at radius 1 is 1.10 bits per heavy atom. The third kappa shape index (κ3) is 9.98. The summed E-state index contributed by atoms with van der Waals surface area (Å²) in [6.07, 6.45) is 0.621. The van der Waals surface area contributed by atoms with Crippen LogP contribution < -0.4 is 16.0 Å². The van der Waals surface area contributed by atoms with Gasteiger partial charge in [0.05, 0.1) is 0 Å². The Bertz CT molecular complexity index is 333. The molecular formula is C12H24N4O4. The van der Waals surface area contributed by atoms with E-state index < -0.39 is 5.97 Å². The number of nitrogens with zero attached hydrogens (tertiary/aromatic N) is 1. The van der Waals surface area contributed by atoms with Gasteiger partial charge in [0.15, 0.2) is 0 Å². The molecule has 0 heterocycles. The highest BCUT2D eigenvalue weighted by Gasteiger charge is 2.07. The van der Waals surface area contributed by atoms with Gasteiger partial charge >= 0.3 is 18.0 Å². The van der Waals surface area contributed by atoms with Crippen LogP contribution in [-0.2, 0) is 4.79 Å². The van der Waals surface area contributed by atoms with Crippen molar-refractivity contribution in [1.29, 1.82) is 0 Å². The minimum atomic E-state index is -0.835. The molecule has 0 saturated carbocycles. The average molecular weight is 288 g/mol. The highest BCUT2D eigenvalue weighted by Crippen LogP contribution is 2.03. The Morgan fingerprint density at radius 2 is 1.70 bits per heavy atom. The number of rotatable bonds is 8. The van der Waals surface area contributed by atoms with Crippen molar-refractivity contribution in [3.05, 3.63) is 0 Å². The van der Waals surface area contributed by atoms with E-state index in [9.17, 15) is 14.4 Å². The summed E-state index contributed by atoms with van der Waals surface area (Å²) in [5.41, 5.74) is 0. The molecule has 8 heteroatoms. The molecule has 8 nitrogen and oxygen atoms in total. The second kappa shape index (κ2) is 9.88. The number of carbonyl (C=O) groups excluding carboxylic acids is 2. The molecule has 0 rings (SSSR count). The Morgan fingerprint density at radius 3 is 2.25 bits per heavy atom. The molecule has 0 spiro atoms. The Kier molecular flexibility index (Phi) is 8.89. The van der Waals surface area contributed by atoms with E-state index in [4.69, 9.17) is 5.11 Å². The molecule has 4 N–H and O–H groups in total. The Labute approximate surface area is 118 Å². The molecule has 116 valence electrons. The smallest absolute Gasteiger partial charge is 0.316 e. The maximum Gasteiger partial charge on any atom is 0.316 e. The molecule has 0 fully saturated rings. The molecule has 0 aliphatic heterocycles. The van der Waals surface area contributed by atoms with E-state index in [1.807, 2.05) is 6.92 Å². The van der Waals surface area contributed by atoms with Gasteiger partial charge in [0.2, 0.25) is 0 Å². The second-order valence-electron chi connectivity index (χ2n) is 4.80. The molecule has 0 aliphatic rings. The molecule has 20 heavy (non-hydrogen) atoms. The van der Waals surface area contributed by atoms with Crippen LogP contribution in [0.5, 0.6) is 0 Å². The first-order valence-corrected chi connectivity index (χ1v) is 6.51. The van der Waals surface area contributed by atoms with E-state index in [1.165, 1.54) is 4.90 Å². The molecule has 0 aromatic carbocycles. The molecule has 1 unspecified atom stereocenters. The first-order chi connectivity index (χ1) is 9.32.